The van der Waals surface area contributed by atoms with Crippen LogP contribution in [0.4, 0.5) is 0 Å². The lowest BCUT2D eigenvalue weighted by Gasteiger charge is -2.18. The summed E-state index contributed by atoms with van der Waals surface area (Å²) in [5.41, 5.74) is 0. The molecule has 0 unspecified atom stereocenters. The number of thiophene rings is 1. The molecule has 0 aliphatic carbocycles. The molecule has 114 valence electrons. The lowest BCUT2D eigenvalue weighted by Crippen LogP contribution is -2.39. The van der Waals surface area contributed by atoms with Crippen LogP contribution in [0.15, 0.2) is 21.9 Å². The van der Waals surface area contributed by atoms with E-state index in [1.807, 2.05) is 43.2 Å². The number of likely N-dealkylation sites (N-methyl/N-ethyl adjacent to an activating group) is 1. The fourth-order valence-corrected chi connectivity index (χ4v) is 2.50. The molecule has 0 aromatic carbocycles. The van der Waals surface area contributed by atoms with Gasteiger partial charge in [0.05, 0.1) is 18.0 Å². The highest BCUT2D eigenvalue weighted by Gasteiger charge is 2.15. The van der Waals surface area contributed by atoms with Crippen molar-refractivity contribution in [1.29, 1.82) is 0 Å². The first-order chi connectivity index (χ1) is 10.1. The number of carbonyl (C=O) groups is 1. The van der Waals surface area contributed by atoms with E-state index in [1.165, 1.54) is 0 Å². The molecule has 0 aliphatic rings. The van der Waals surface area contributed by atoms with E-state index < -0.39 is 0 Å². The van der Waals surface area contributed by atoms with Gasteiger partial charge in [-0.15, -0.1) is 21.5 Å². The van der Waals surface area contributed by atoms with Gasteiger partial charge >= 0.3 is 0 Å². The van der Waals surface area contributed by atoms with E-state index in [-0.39, 0.29) is 11.9 Å². The van der Waals surface area contributed by atoms with Crippen molar-refractivity contribution in [2.24, 2.45) is 0 Å². The molecule has 0 atom stereocenters. The summed E-state index contributed by atoms with van der Waals surface area (Å²) in [6.45, 7) is 7.42. The number of rotatable bonds is 7. The maximum Gasteiger partial charge on any atom is 0.257 e. The van der Waals surface area contributed by atoms with Gasteiger partial charge in [-0.05, 0) is 31.8 Å². The van der Waals surface area contributed by atoms with Crippen molar-refractivity contribution in [2.45, 2.75) is 33.4 Å². The van der Waals surface area contributed by atoms with Crippen LogP contribution in [0.2, 0.25) is 0 Å². The molecule has 1 amide bonds. The minimum absolute atomic E-state index is 0.00449. The molecule has 0 bridgehead atoms. The number of carbonyl (C=O) groups excluding carboxylic acids is 1. The number of nitrogens with zero attached hydrogens (tertiary/aromatic N) is 3. The van der Waals surface area contributed by atoms with Crippen LogP contribution in [0, 0.1) is 0 Å². The Balaban J connectivity index is 1.94. The fourth-order valence-electron chi connectivity index (χ4n) is 1.86. The maximum atomic E-state index is 11.8. The molecular weight excluding hydrogens is 288 g/mol. The summed E-state index contributed by atoms with van der Waals surface area (Å²) in [5, 5.41) is 12.9. The summed E-state index contributed by atoms with van der Waals surface area (Å²) in [6, 6.07) is 4.03. The van der Waals surface area contributed by atoms with Crippen molar-refractivity contribution in [3.05, 3.63) is 23.4 Å². The van der Waals surface area contributed by atoms with E-state index in [4.69, 9.17) is 4.42 Å². The van der Waals surface area contributed by atoms with Gasteiger partial charge in [0.15, 0.2) is 0 Å². The SMILES string of the molecule is CCN(CC(=O)NC(C)C)Cc1nnc(-c2cccs2)o1. The first kappa shape index (κ1) is 15.7. The summed E-state index contributed by atoms with van der Waals surface area (Å²) in [5.74, 6) is 1.06. The third kappa shape index (κ3) is 4.64. The zero-order valence-corrected chi connectivity index (χ0v) is 13.3. The third-order valence-electron chi connectivity index (χ3n) is 2.82. The highest BCUT2D eigenvalue weighted by Crippen LogP contribution is 2.23. The van der Waals surface area contributed by atoms with Gasteiger partial charge in [0.2, 0.25) is 11.8 Å². The van der Waals surface area contributed by atoms with Gasteiger partial charge in [0.1, 0.15) is 0 Å². The molecule has 2 aromatic heterocycles. The molecule has 0 fully saturated rings. The number of amides is 1. The quantitative estimate of drug-likeness (QED) is 0.848. The van der Waals surface area contributed by atoms with Gasteiger partial charge in [-0.25, -0.2) is 0 Å². The largest absolute Gasteiger partial charge is 0.419 e. The molecule has 0 aliphatic heterocycles. The molecule has 2 aromatic rings. The van der Waals surface area contributed by atoms with Crippen LogP contribution in [-0.4, -0.2) is 40.1 Å². The van der Waals surface area contributed by atoms with Crippen molar-refractivity contribution >= 4 is 17.2 Å². The van der Waals surface area contributed by atoms with Crippen LogP contribution in [0.25, 0.3) is 10.8 Å². The molecule has 6 nitrogen and oxygen atoms in total. The Bertz CT molecular complexity index is 565. The predicted octanol–water partition coefficient (Wildman–Crippen LogP) is 2.14. The van der Waals surface area contributed by atoms with Gasteiger partial charge in [-0.1, -0.05) is 13.0 Å². The van der Waals surface area contributed by atoms with Crippen LogP contribution >= 0.6 is 11.3 Å². The number of hydrogen-bond acceptors (Lipinski definition) is 6. The minimum atomic E-state index is 0.00449. The molecule has 1 N–H and O–H groups in total. The van der Waals surface area contributed by atoms with Crippen LogP contribution in [-0.2, 0) is 11.3 Å². The molecule has 0 spiro atoms. The highest BCUT2D eigenvalue weighted by atomic mass is 32.1. The average Bonchev–Trinajstić information content (AvgIpc) is 3.07. The Morgan fingerprint density at radius 2 is 2.29 bits per heavy atom. The van der Waals surface area contributed by atoms with Crippen molar-refractivity contribution < 1.29 is 9.21 Å². The molecule has 21 heavy (non-hydrogen) atoms. The Kier molecular flexibility index (Phi) is 5.46. The standard InChI is InChI=1S/C14H20N4O2S/c1-4-18(8-12(19)15-10(2)3)9-13-16-17-14(20-13)11-6-5-7-21-11/h5-7,10H,4,8-9H2,1-3H3,(H,15,19). The maximum absolute atomic E-state index is 11.8. The van der Waals surface area contributed by atoms with Crippen LogP contribution in [0.1, 0.15) is 26.7 Å². The van der Waals surface area contributed by atoms with E-state index >= 15 is 0 Å². The minimum Gasteiger partial charge on any atom is -0.419 e. The Labute approximate surface area is 128 Å². The summed E-state index contributed by atoms with van der Waals surface area (Å²) < 4.78 is 5.64. The van der Waals surface area contributed by atoms with E-state index in [2.05, 4.69) is 15.5 Å². The van der Waals surface area contributed by atoms with E-state index in [9.17, 15) is 4.79 Å². The van der Waals surface area contributed by atoms with Crippen molar-refractivity contribution in [2.75, 3.05) is 13.1 Å². The lowest BCUT2D eigenvalue weighted by molar-refractivity contribution is -0.122. The monoisotopic (exact) mass is 308 g/mol. The second kappa shape index (κ2) is 7.33. The van der Waals surface area contributed by atoms with E-state index in [0.717, 1.165) is 11.4 Å². The Hall–Kier alpha value is -1.73. The Morgan fingerprint density at radius 3 is 2.90 bits per heavy atom. The van der Waals surface area contributed by atoms with Gasteiger partial charge in [0.25, 0.3) is 5.89 Å². The highest BCUT2D eigenvalue weighted by molar-refractivity contribution is 7.13. The smallest absolute Gasteiger partial charge is 0.257 e. The number of aromatic nitrogens is 2. The molecular formula is C14H20N4O2S. The third-order valence-corrected chi connectivity index (χ3v) is 3.68. The second-order valence-corrected chi connectivity index (χ2v) is 5.95. The zero-order chi connectivity index (χ0) is 15.2. The summed E-state index contributed by atoms with van der Waals surface area (Å²) >= 11 is 1.56. The van der Waals surface area contributed by atoms with Gasteiger partial charge in [-0.2, -0.15) is 0 Å². The molecule has 2 rings (SSSR count). The van der Waals surface area contributed by atoms with Crippen LogP contribution in [0.3, 0.4) is 0 Å². The van der Waals surface area contributed by atoms with E-state index in [0.29, 0.717) is 24.9 Å². The van der Waals surface area contributed by atoms with Crippen LogP contribution < -0.4 is 5.32 Å². The zero-order valence-electron chi connectivity index (χ0n) is 12.5. The average molecular weight is 308 g/mol. The van der Waals surface area contributed by atoms with Crippen molar-refractivity contribution in [3.63, 3.8) is 0 Å². The predicted molar refractivity (Wildman–Crippen MR) is 81.8 cm³/mol. The molecule has 2 heterocycles. The summed E-state index contributed by atoms with van der Waals surface area (Å²) in [6.07, 6.45) is 0. The molecule has 0 saturated carbocycles. The molecule has 0 radical (unpaired) electrons. The topological polar surface area (TPSA) is 71.3 Å². The van der Waals surface area contributed by atoms with Crippen LogP contribution in [0.5, 0.6) is 0 Å². The fraction of sp³-hybridized carbons (Fsp3) is 0.500. The van der Waals surface area contributed by atoms with Crippen molar-refractivity contribution in [1.82, 2.24) is 20.4 Å². The Morgan fingerprint density at radius 1 is 1.48 bits per heavy atom. The summed E-state index contributed by atoms with van der Waals surface area (Å²) in [7, 11) is 0. The second-order valence-electron chi connectivity index (χ2n) is 5.00. The first-order valence-corrected chi connectivity index (χ1v) is 7.84. The lowest BCUT2D eigenvalue weighted by atomic mass is 10.3. The van der Waals surface area contributed by atoms with Gasteiger partial charge in [-0.3, -0.25) is 9.69 Å². The normalized spacial score (nSPS) is 11.3. The number of hydrogen-bond donors (Lipinski definition) is 1. The van der Waals surface area contributed by atoms with Gasteiger partial charge < -0.3 is 9.73 Å². The molecule has 7 heteroatoms. The summed E-state index contributed by atoms with van der Waals surface area (Å²) in [4.78, 5) is 14.7. The van der Waals surface area contributed by atoms with E-state index in [1.54, 1.807) is 11.3 Å². The number of nitrogens with one attached hydrogen (secondary N) is 1. The van der Waals surface area contributed by atoms with Gasteiger partial charge in [0, 0.05) is 6.04 Å². The van der Waals surface area contributed by atoms with Crippen molar-refractivity contribution in [3.8, 4) is 10.8 Å². The first-order valence-electron chi connectivity index (χ1n) is 6.96. The molecule has 0 saturated heterocycles.